The predicted octanol–water partition coefficient (Wildman–Crippen LogP) is 4.19. The monoisotopic (exact) mass is 536 g/mol. The number of nitrogens with one attached hydrogen (secondary N) is 3. The summed E-state index contributed by atoms with van der Waals surface area (Å²) < 4.78 is 5.73. The van der Waals surface area contributed by atoms with Gasteiger partial charge in [0.05, 0.1) is 19.2 Å². The first-order chi connectivity index (χ1) is 19.0. The van der Waals surface area contributed by atoms with Crippen molar-refractivity contribution >= 4 is 16.9 Å². The molecule has 1 amide bonds. The van der Waals surface area contributed by atoms with Crippen LogP contribution in [0.4, 0.5) is 0 Å². The van der Waals surface area contributed by atoms with E-state index in [-0.39, 0.29) is 17.2 Å². The third-order valence-electron chi connectivity index (χ3n) is 6.79. The Morgan fingerprint density at radius 3 is 2.54 bits per heavy atom. The second-order valence-electron chi connectivity index (χ2n) is 9.42. The molecule has 1 fully saturated rings. The third-order valence-corrected chi connectivity index (χ3v) is 6.79. The first kappa shape index (κ1) is 30.3. The van der Waals surface area contributed by atoms with Crippen LogP contribution in [-0.2, 0) is 6.54 Å². The topological polar surface area (TPSA) is 103 Å². The standard InChI is InChI=1S/C28H38N6O3.C2H6/c1-5-14-33(6-2)15-16-34(29-3)28(36)20-9-7-8-19(17-20)24-27(35)31-23-13-10-21(18-30-22-11-12-22)26(37-4)25(23)32-24;1-2/h7-10,13,17,22,29-30H,5-6,11-12,14-16,18H2,1-4H3,(H,31,35);1-2H3. The van der Waals surface area contributed by atoms with Gasteiger partial charge >= 0.3 is 0 Å². The number of ether oxygens (including phenoxy) is 1. The van der Waals surface area contributed by atoms with Crippen molar-refractivity contribution < 1.29 is 9.53 Å². The van der Waals surface area contributed by atoms with Gasteiger partial charge in [0, 0.05) is 42.9 Å². The summed E-state index contributed by atoms with van der Waals surface area (Å²) in [5.74, 6) is 0.490. The molecule has 9 heteroatoms. The van der Waals surface area contributed by atoms with Crippen molar-refractivity contribution in [2.45, 2.75) is 59.5 Å². The highest BCUT2D eigenvalue weighted by Crippen LogP contribution is 2.29. The Hall–Kier alpha value is -3.27. The highest BCUT2D eigenvalue weighted by atomic mass is 16.5. The fourth-order valence-corrected chi connectivity index (χ4v) is 4.53. The number of carbonyl (C=O) groups is 1. The molecule has 0 saturated heterocycles. The van der Waals surface area contributed by atoms with E-state index >= 15 is 0 Å². The van der Waals surface area contributed by atoms with E-state index in [9.17, 15) is 9.59 Å². The lowest BCUT2D eigenvalue weighted by atomic mass is 10.1. The summed E-state index contributed by atoms with van der Waals surface area (Å²) in [7, 11) is 3.36. The summed E-state index contributed by atoms with van der Waals surface area (Å²) in [5, 5.41) is 5.11. The number of aromatic amines is 1. The molecule has 0 unspecified atom stereocenters. The molecule has 0 bridgehead atoms. The average molecular weight is 537 g/mol. The van der Waals surface area contributed by atoms with E-state index in [0.717, 1.165) is 31.6 Å². The van der Waals surface area contributed by atoms with Gasteiger partial charge in [0.1, 0.15) is 11.2 Å². The molecule has 3 N–H and O–H groups in total. The first-order valence-electron chi connectivity index (χ1n) is 14.1. The molecule has 9 nitrogen and oxygen atoms in total. The van der Waals surface area contributed by atoms with Gasteiger partial charge in [-0.1, -0.05) is 45.9 Å². The van der Waals surface area contributed by atoms with E-state index in [4.69, 9.17) is 9.72 Å². The van der Waals surface area contributed by atoms with E-state index in [1.165, 1.54) is 12.8 Å². The number of benzene rings is 2. The Bertz CT molecular complexity index is 1290. The zero-order valence-electron chi connectivity index (χ0n) is 24.3. The lowest BCUT2D eigenvalue weighted by Gasteiger charge is -2.26. The Morgan fingerprint density at radius 1 is 1.13 bits per heavy atom. The molecule has 0 aliphatic heterocycles. The van der Waals surface area contributed by atoms with Crippen LogP contribution in [0.5, 0.6) is 5.75 Å². The molecular weight excluding hydrogens is 492 g/mol. The second kappa shape index (κ2) is 14.8. The number of carbonyl (C=O) groups excluding carboxylic acids is 1. The van der Waals surface area contributed by atoms with Crippen molar-refractivity contribution in [2.24, 2.45) is 0 Å². The molecule has 0 atom stereocenters. The van der Waals surface area contributed by atoms with Crippen LogP contribution in [0.15, 0.2) is 41.2 Å². The van der Waals surface area contributed by atoms with Gasteiger partial charge in [-0.05, 0) is 50.6 Å². The SMILES string of the molecule is CC.CCCN(CC)CCN(NC)C(=O)c1cccc(-c2nc3c(OC)c(CNC4CC4)ccc3[nH]c2=O)c1. The number of likely N-dealkylation sites (N-methyl/N-ethyl adjacent to an activating group) is 1. The zero-order valence-corrected chi connectivity index (χ0v) is 24.3. The van der Waals surface area contributed by atoms with Crippen LogP contribution in [0.3, 0.4) is 0 Å². The highest BCUT2D eigenvalue weighted by molar-refractivity contribution is 5.95. The summed E-state index contributed by atoms with van der Waals surface area (Å²) in [4.78, 5) is 36.3. The molecule has 1 aliphatic carbocycles. The molecular formula is C30H44N6O3. The summed E-state index contributed by atoms with van der Waals surface area (Å²) in [5.41, 5.74) is 6.22. The number of amides is 1. The van der Waals surface area contributed by atoms with Gasteiger partial charge in [0.25, 0.3) is 11.5 Å². The van der Waals surface area contributed by atoms with Crippen LogP contribution in [-0.4, -0.2) is 72.2 Å². The fraction of sp³-hybridized carbons (Fsp3) is 0.500. The molecule has 1 saturated carbocycles. The van der Waals surface area contributed by atoms with E-state index < -0.39 is 0 Å². The lowest BCUT2D eigenvalue weighted by molar-refractivity contribution is 0.0656. The van der Waals surface area contributed by atoms with Gasteiger partial charge in [0.15, 0.2) is 5.75 Å². The van der Waals surface area contributed by atoms with Crippen LogP contribution in [0.2, 0.25) is 0 Å². The van der Waals surface area contributed by atoms with E-state index in [1.54, 1.807) is 43.4 Å². The molecule has 2 aromatic carbocycles. The minimum absolute atomic E-state index is 0.153. The van der Waals surface area contributed by atoms with E-state index in [0.29, 0.717) is 47.0 Å². The maximum atomic E-state index is 13.3. The van der Waals surface area contributed by atoms with Gasteiger partial charge in [-0.15, -0.1) is 0 Å². The number of fused-ring (bicyclic) bond motifs is 1. The van der Waals surface area contributed by atoms with Gasteiger partial charge in [-0.25, -0.2) is 10.4 Å². The quantitative estimate of drug-likeness (QED) is 0.282. The number of hydrazine groups is 1. The Labute approximate surface area is 231 Å². The van der Waals surface area contributed by atoms with Crippen molar-refractivity contribution in [2.75, 3.05) is 40.3 Å². The number of aromatic nitrogens is 2. The third kappa shape index (κ3) is 7.65. The molecule has 1 aromatic heterocycles. The molecule has 1 aliphatic rings. The van der Waals surface area contributed by atoms with Crippen molar-refractivity contribution in [1.82, 2.24) is 30.6 Å². The Morgan fingerprint density at radius 2 is 1.90 bits per heavy atom. The van der Waals surface area contributed by atoms with Gasteiger partial charge in [-0.2, -0.15) is 0 Å². The number of nitrogens with zero attached hydrogens (tertiary/aromatic N) is 3. The van der Waals surface area contributed by atoms with Gasteiger partial charge in [0.2, 0.25) is 0 Å². The van der Waals surface area contributed by atoms with Crippen LogP contribution < -0.4 is 21.0 Å². The maximum absolute atomic E-state index is 13.3. The van der Waals surface area contributed by atoms with Crippen molar-refractivity contribution in [1.29, 1.82) is 0 Å². The number of methoxy groups -OCH3 is 1. The first-order valence-corrected chi connectivity index (χ1v) is 14.1. The van der Waals surface area contributed by atoms with Gasteiger partial charge in [-0.3, -0.25) is 14.6 Å². The molecule has 0 radical (unpaired) electrons. The molecule has 0 spiro atoms. The largest absolute Gasteiger partial charge is 0.494 e. The van der Waals surface area contributed by atoms with E-state index in [2.05, 4.69) is 34.5 Å². The summed E-state index contributed by atoms with van der Waals surface area (Å²) in [6, 6.07) is 11.5. The number of rotatable bonds is 13. The summed E-state index contributed by atoms with van der Waals surface area (Å²) >= 11 is 0. The van der Waals surface area contributed by atoms with Crippen LogP contribution in [0.1, 0.15) is 62.9 Å². The minimum Gasteiger partial charge on any atom is -0.494 e. The second-order valence-corrected chi connectivity index (χ2v) is 9.42. The van der Waals surface area contributed by atoms with Gasteiger partial charge < -0.3 is 19.9 Å². The maximum Gasteiger partial charge on any atom is 0.274 e. The molecule has 39 heavy (non-hydrogen) atoms. The predicted molar refractivity (Wildman–Crippen MR) is 158 cm³/mol. The number of H-pyrrole nitrogens is 1. The molecule has 4 rings (SSSR count). The van der Waals surface area contributed by atoms with Crippen molar-refractivity contribution in [3.05, 3.63) is 57.9 Å². The minimum atomic E-state index is -0.313. The zero-order chi connectivity index (χ0) is 28.4. The Kier molecular flexibility index (Phi) is 11.5. The summed E-state index contributed by atoms with van der Waals surface area (Å²) in [6.07, 6.45) is 3.46. The fourth-order valence-electron chi connectivity index (χ4n) is 4.53. The number of hydrogen-bond donors (Lipinski definition) is 3. The van der Waals surface area contributed by atoms with Crippen LogP contribution in [0, 0.1) is 0 Å². The van der Waals surface area contributed by atoms with Crippen molar-refractivity contribution in [3.8, 4) is 17.0 Å². The van der Waals surface area contributed by atoms with E-state index in [1.807, 2.05) is 26.0 Å². The smallest absolute Gasteiger partial charge is 0.274 e. The molecule has 3 aromatic rings. The van der Waals surface area contributed by atoms with Crippen LogP contribution in [0.25, 0.3) is 22.3 Å². The normalized spacial score (nSPS) is 12.8. The van der Waals surface area contributed by atoms with Crippen molar-refractivity contribution in [3.63, 3.8) is 0 Å². The van der Waals surface area contributed by atoms with Crippen LogP contribution >= 0.6 is 0 Å². The Balaban J connectivity index is 0.00000205. The molecule has 1 heterocycles. The average Bonchev–Trinajstić information content (AvgIpc) is 3.80. The number of hydrogen-bond acceptors (Lipinski definition) is 7. The highest BCUT2D eigenvalue weighted by Gasteiger charge is 2.22. The summed E-state index contributed by atoms with van der Waals surface area (Å²) in [6.45, 7) is 12.2. The lowest BCUT2D eigenvalue weighted by Crippen LogP contribution is -2.45. The molecule has 212 valence electrons.